The normalized spacial score (nSPS) is 11.1. The third-order valence-electron chi connectivity index (χ3n) is 1.86. The lowest BCUT2D eigenvalue weighted by Crippen LogP contribution is -2.00. The van der Waals surface area contributed by atoms with E-state index in [4.69, 9.17) is 15.4 Å². The summed E-state index contributed by atoms with van der Waals surface area (Å²) in [5, 5.41) is 0. The fourth-order valence-electron chi connectivity index (χ4n) is 1.30. The molecule has 15 heavy (non-hydrogen) atoms. The summed E-state index contributed by atoms with van der Waals surface area (Å²) in [4.78, 5) is 10.5. The summed E-state index contributed by atoms with van der Waals surface area (Å²) in [6.07, 6.45) is 0.611. The Morgan fingerprint density at radius 3 is 2.40 bits per heavy atom. The van der Waals surface area contributed by atoms with Crippen LogP contribution in [0.25, 0.3) is 0 Å². The number of halogens is 1. The van der Waals surface area contributed by atoms with Gasteiger partial charge in [0.1, 0.15) is 16.9 Å². The average Bonchev–Trinajstić information content (AvgIpc) is 2.14. The van der Waals surface area contributed by atoms with Gasteiger partial charge in [-0.25, -0.2) is 8.42 Å². The van der Waals surface area contributed by atoms with Gasteiger partial charge in [0.05, 0.1) is 7.11 Å². The fourth-order valence-corrected chi connectivity index (χ4v) is 2.72. The third kappa shape index (κ3) is 2.49. The van der Waals surface area contributed by atoms with Crippen molar-refractivity contribution in [2.24, 2.45) is 0 Å². The summed E-state index contributed by atoms with van der Waals surface area (Å²) >= 11 is 0. The van der Waals surface area contributed by atoms with Gasteiger partial charge < -0.3 is 4.74 Å². The molecule has 0 aliphatic rings. The largest absolute Gasteiger partial charge is 0.495 e. The van der Waals surface area contributed by atoms with Gasteiger partial charge >= 0.3 is 0 Å². The van der Waals surface area contributed by atoms with Crippen LogP contribution in [0.4, 0.5) is 0 Å². The second-order valence-corrected chi connectivity index (χ2v) is 5.43. The van der Waals surface area contributed by atoms with E-state index in [0.717, 1.165) is 0 Å². The quantitative estimate of drug-likeness (QED) is 0.604. The number of benzene rings is 1. The number of ether oxygens (including phenoxy) is 1. The molecule has 4 nitrogen and oxygen atoms in total. The Balaban J connectivity index is 3.59. The molecule has 0 aliphatic heterocycles. The smallest absolute Gasteiger partial charge is 0.265 e. The first-order chi connectivity index (χ1) is 6.90. The van der Waals surface area contributed by atoms with Crippen LogP contribution in [0.2, 0.25) is 0 Å². The number of methoxy groups -OCH3 is 1. The molecule has 1 aromatic rings. The van der Waals surface area contributed by atoms with Gasteiger partial charge in [0, 0.05) is 16.2 Å². The number of carbonyl (C=O) groups is 1. The van der Waals surface area contributed by atoms with E-state index in [1.54, 1.807) is 6.92 Å². The summed E-state index contributed by atoms with van der Waals surface area (Å²) in [6.45, 7) is 1.55. The van der Waals surface area contributed by atoms with Gasteiger partial charge in [-0.15, -0.1) is 0 Å². The molecule has 0 N–H and O–H groups in total. The summed E-state index contributed by atoms with van der Waals surface area (Å²) < 4.78 is 27.3. The van der Waals surface area contributed by atoms with Crippen molar-refractivity contribution in [1.29, 1.82) is 0 Å². The Kier molecular flexibility index (Phi) is 3.36. The summed E-state index contributed by atoms with van der Waals surface area (Å²) in [7, 11) is 2.69. The van der Waals surface area contributed by atoms with Crippen molar-refractivity contribution >= 4 is 26.0 Å². The first kappa shape index (κ1) is 12.0. The van der Waals surface area contributed by atoms with E-state index in [-0.39, 0.29) is 10.6 Å². The first-order valence-corrected chi connectivity index (χ1v) is 6.29. The minimum Gasteiger partial charge on any atom is -0.495 e. The Labute approximate surface area is 92.2 Å². The molecule has 0 bridgehead atoms. The Morgan fingerprint density at radius 1 is 1.40 bits per heavy atom. The SMILES string of the molecule is COc1cc(C=O)cc(C)c1S(=O)(=O)Cl. The van der Waals surface area contributed by atoms with Crippen molar-refractivity contribution in [1.82, 2.24) is 0 Å². The van der Waals surface area contributed by atoms with Crippen LogP contribution in [0.15, 0.2) is 17.0 Å². The van der Waals surface area contributed by atoms with Gasteiger partial charge in [-0.3, -0.25) is 4.79 Å². The summed E-state index contributed by atoms with van der Waals surface area (Å²) in [5.41, 5.74) is 0.722. The number of hydrogen-bond acceptors (Lipinski definition) is 4. The third-order valence-corrected chi connectivity index (χ3v) is 3.34. The van der Waals surface area contributed by atoms with Crippen molar-refractivity contribution < 1.29 is 17.9 Å². The topological polar surface area (TPSA) is 60.4 Å². The molecule has 0 saturated carbocycles. The van der Waals surface area contributed by atoms with Crippen molar-refractivity contribution in [3.8, 4) is 5.75 Å². The predicted octanol–water partition coefficient (Wildman–Crippen LogP) is 1.74. The lowest BCUT2D eigenvalue weighted by atomic mass is 10.1. The minimum absolute atomic E-state index is 0.0760. The Bertz CT molecular complexity index is 493. The Morgan fingerprint density at radius 2 is 2.00 bits per heavy atom. The predicted molar refractivity (Wildman–Crippen MR) is 56.2 cm³/mol. The molecule has 0 saturated heterocycles. The van der Waals surface area contributed by atoms with Crippen LogP contribution >= 0.6 is 10.7 Å². The maximum absolute atomic E-state index is 11.2. The zero-order chi connectivity index (χ0) is 11.6. The monoisotopic (exact) mass is 248 g/mol. The molecule has 0 unspecified atom stereocenters. The molecule has 0 aliphatic carbocycles. The van der Waals surface area contributed by atoms with Crippen LogP contribution in [0.5, 0.6) is 5.75 Å². The van der Waals surface area contributed by atoms with Crippen LogP contribution in [0.3, 0.4) is 0 Å². The average molecular weight is 249 g/mol. The second kappa shape index (κ2) is 4.20. The van der Waals surface area contributed by atoms with E-state index in [0.29, 0.717) is 17.4 Å². The van der Waals surface area contributed by atoms with E-state index in [1.165, 1.54) is 19.2 Å². The maximum Gasteiger partial charge on any atom is 0.265 e. The summed E-state index contributed by atoms with van der Waals surface area (Å²) in [5.74, 6) is 0.0760. The second-order valence-electron chi connectivity index (χ2n) is 2.92. The van der Waals surface area contributed by atoms with Gasteiger partial charge in [-0.05, 0) is 24.6 Å². The number of hydrogen-bond donors (Lipinski definition) is 0. The van der Waals surface area contributed by atoms with Crippen molar-refractivity contribution in [2.45, 2.75) is 11.8 Å². The molecule has 0 amide bonds. The van der Waals surface area contributed by atoms with E-state index in [1.807, 2.05) is 0 Å². The van der Waals surface area contributed by atoms with Gasteiger partial charge in [0.15, 0.2) is 0 Å². The zero-order valence-corrected chi connectivity index (χ0v) is 9.72. The van der Waals surface area contributed by atoms with Gasteiger partial charge in [-0.2, -0.15) is 0 Å². The molecular weight excluding hydrogens is 240 g/mol. The highest BCUT2D eigenvalue weighted by atomic mass is 35.7. The van der Waals surface area contributed by atoms with E-state index >= 15 is 0 Å². The number of rotatable bonds is 3. The molecule has 0 spiro atoms. The van der Waals surface area contributed by atoms with Crippen LogP contribution in [-0.4, -0.2) is 21.8 Å². The van der Waals surface area contributed by atoms with Gasteiger partial charge in [0.2, 0.25) is 0 Å². The molecule has 0 fully saturated rings. The number of aryl methyl sites for hydroxylation is 1. The zero-order valence-electron chi connectivity index (χ0n) is 8.15. The molecule has 6 heteroatoms. The summed E-state index contributed by atoms with van der Waals surface area (Å²) in [6, 6.07) is 2.76. The van der Waals surface area contributed by atoms with E-state index in [9.17, 15) is 13.2 Å². The van der Waals surface area contributed by atoms with Crippen molar-refractivity contribution in [3.63, 3.8) is 0 Å². The van der Waals surface area contributed by atoms with Gasteiger partial charge in [0.25, 0.3) is 9.05 Å². The van der Waals surface area contributed by atoms with Crippen molar-refractivity contribution in [2.75, 3.05) is 7.11 Å². The number of carbonyl (C=O) groups excluding carboxylic acids is 1. The first-order valence-electron chi connectivity index (χ1n) is 3.98. The van der Waals surface area contributed by atoms with Crippen molar-refractivity contribution in [3.05, 3.63) is 23.3 Å². The minimum atomic E-state index is -3.87. The molecule has 82 valence electrons. The standard InChI is InChI=1S/C9H9ClO4S/c1-6-3-7(5-11)4-8(14-2)9(6)15(10,12)13/h3-5H,1-2H3. The molecule has 0 atom stereocenters. The highest BCUT2D eigenvalue weighted by Crippen LogP contribution is 2.30. The van der Waals surface area contributed by atoms with Crippen LogP contribution in [0.1, 0.15) is 15.9 Å². The number of aldehydes is 1. The lowest BCUT2D eigenvalue weighted by molar-refractivity contribution is 0.112. The van der Waals surface area contributed by atoms with Crippen LogP contribution < -0.4 is 4.74 Å². The van der Waals surface area contributed by atoms with E-state index < -0.39 is 9.05 Å². The molecule has 0 radical (unpaired) electrons. The molecule has 0 heterocycles. The highest BCUT2D eigenvalue weighted by Gasteiger charge is 2.20. The highest BCUT2D eigenvalue weighted by molar-refractivity contribution is 8.13. The van der Waals surface area contributed by atoms with Crippen LogP contribution in [-0.2, 0) is 9.05 Å². The Hall–Kier alpha value is -1.07. The molecule has 0 aromatic heterocycles. The van der Waals surface area contributed by atoms with Crippen LogP contribution in [0, 0.1) is 6.92 Å². The fraction of sp³-hybridized carbons (Fsp3) is 0.222. The van der Waals surface area contributed by atoms with E-state index in [2.05, 4.69) is 0 Å². The molecule has 1 rings (SSSR count). The lowest BCUT2D eigenvalue weighted by Gasteiger charge is -2.09. The van der Waals surface area contributed by atoms with Gasteiger partial charge in [-0.1, -0.05) is 0 Å². The molecular formula is C9H9ClO4S. The molecule has 1 aromatic carbocycles. The maximum atomic E-state index is 11.2.